The van der Waals surface area contributed by atoms with E-state index in [-0.39, 0.29) is 60.8 Å². The van der Waals surface area contributed by atoms with Gasteiger partial charge in [0.05, 0.1) is 34.6 Å². The van der Waals surface area contributed by atoms with Crippen LogP contribution >= 0.6 is 0 Å². The standard InChI is InChI=1S/C41H47N13O7/c1-5-53-30(13-22(3)48-53)38(58)46-40-44-28-15-24(36(42)56)17-32-34(28)51(40)10-7-8-11-52-35-29(45-41(52)47-39(59)31-14-23(4)49-54(31)6-2)16-25(37(43)57)18-33(35)61-21-26(20-60-32)50-12-9-27(55)19-50/h7-8,13-18,26-27,55H,5-6,9-12,19-21H2,1-4H3,(H2,42,56)(H2,43,57)(H,44,46,58)(H,45,47,59)/b8-7+/t27-/m1/s1. The molecular formula is C41H47N13O7. The van der Waals surface area contributed by atoms with E-state index in [1.54, 1.807) is 68.7 Å². The SMILES string of the molecule is CCn1nc(C)cc1C(=O)Nc1nc2cc(C(N)=O)cc3c2n1C/C=C/Cn1c(NC(=O)c2cc(C)nn2CC)nc2cc(C(N)=O)cc(c21)OCC(N1CC[C@@H](O)C1)CO3. The maximum absolute atomic E-state index is 13.8. The Hall–Kier alpha value is -7.06. The number of likely N-dealkylation sites (tertiary alicyclic amines) is 1. The molecule has 0 aliphatic carbocycles. The summed E-state index contributed by atoms with van der Waals surface area (Å²) in [7, 11) is 0. The van der Waals surface area contributed by atoms with Crippen molar-refractivity contribution in [3.05, 3.63) is 82.5 Å². The van der Waals surface area contributed by atoms with Gasteiger partial charge in [0.1, 0.15) is 47.1 Å². The van der Waals surface area contributed by atoms with Gasteiger partial charge in [-0.2, -0.15) is 10.2 Å². The molecule has 0 bridgehead atoms. The van der Waals surface area contributed by atoms with Crippen LogP contribution in [-0.4, -0.2) is 111 Å². The summed E-state index contributed by atoms with van der Waals surface area (Å²) in [4.78, 5) is 64.5. The normalized spacial score (nSPS) is 16.8. The average molecular weight is 834 g/mol. The number of aromatic nitrogens is 8. The number of benzene rings is 2. The van der Waals surface area contributed by atoms with E-state index in [2.05, 4.69) is 20.8 Å². The third-order valence-corrected chi connectivity index (χ3v) is 10.8. The van der Waals surface area contributed by atoms with E-state index >= 15 is 0 Å². The van der Waals surface area contributed by atoms with E-state index in [0.717, 1.165) is 0 Å². The van der Waals surface area contributed by atoms with E-state index in [1.807, 2.05) is 30.9 Å². The van der Waals surface area contributed by atoms with Gasteiger partial charge < -0.3 is 35.2 Å². The largest absolute Gasteiger partial charge is 0.490 e. The van der Waals surface area contributed by atoms with Crippen molar-refractivity contribution >= 4 is 57.6 Å². The second-order valence-corrected chi connectivity index (χ2v) is 15.1. The number of aliphatic hydroxyl groups excluding tert-OH is 1. The van der Waals surface area contributed by atoms with Crippen LogP contribution in [0.5, 0.6) is 11.5 Å². The molecule has 7 N–H and O–H groups in total. The maximum atomic E-state index is 13.8. The Kier molecular flexibility index (Phi) is 11.0. The summed E-state index contributed by atoms with van der Waals surface area (Å²) >= 11 is 0. The molecule has 0 radical (unpaired) electrons. The summed E-state index contributed by atoms with van der Waals surface area (Å²) in [5, 5.41) is 25.3. The fraction of sp³-hybridized carbons (Fsp3) is 0.366. The number of β-amino-alcohol motifs (C(OH)–C–C–N with tert-alkyl or cyclic N) is 1. The molecule has 6 heterocycles. The molecule has 1 saturated heterocycles. The highest BCUT2D eigenvalue weighted by molar-refractivity contribution is 6.05. The molecule has 1 fully saturated rings. The highest BCUT2D eigenvalue weighted by atomic mass is 16.5. The van der Waals surface area contributed by atoms with Crippen molar-refractivity contribution in [1.29, 1.82) is 0 Å². The van der Waals surface area contributed by atoms with Crippen molar-refractivity contribution in [3.8, 4) is 11.5 Å². The number of nitrogens with one attached hydrogen (secondary N) is 2. The first kappa shape index (κ1) is 40.7. The van der Waals surface area contributed by atoms with Gasteiger partial charge in [0.15, 0.2) is 0 Å². The number of carbonyl (C=O) groups is 4. The molecule has 0 spiro atoms. The molecule has 20 heteroatoms. The number of allylic oxidation sites excluding steroid dienone is 2. The topological polar surface area (TPSA) is 258 Å². The van der Waals surface area contributed by atoms with Gasteiger partial charge >= 0.3 is 0 Å². The Labute approximate surface area is 349 Å². The molecule has 0 unspecified atom stereocenters. The molecule has 20 nitrogen and oxygen atoms in total. The Bertz CT molecular complexity index is 2570. The first-order valence-corrected chi connectivity index (χ1v) is 20.0. The molecule has 6 aromatic rings. The monoisotopic (exact) mass is 833 g/mol. The third kappa shape index (κ3) is 8.01. The minimum Gasteiger partial charge on any atom is -0.490 e. The minimum absolute atomic E-state index is 0.0193. The van der Waals surface area contributed by atoms with E-state index < -0.39 is 35.8 Å². The van der Waals surface area contributed by atoms with Crippen LogP contribution in [-0.2, 0) is 26.2 Å². The predicted octanol–water partition coefficient (Wildman–Crippen LogP) is 2.60. The van der Waals surface area contributed by atoms with Gasteiger partial charge in [-0.05, 0) is 70.5 Å². The molecule has 2 aliphatic rings. The second kappa shape index (κ2) is 16.5. The molecule has 8 rings (SSSR count). The number of amides is 4. The number of ether oxygens (including phenoxy) is 2. The lowest BCUT2D eigenvalue weighted by Gasteiger charge is -2.28. The summed E-state index contributed by atoms with van der Waals surface area (Å²) in [6, 6.07) is 9.08. The Morgan fingerprint density at radius 2 is 1.20 bits per heavy atom. The number of hydrogen-bond acceptors (Lipinski definition) is 12. The smallest absolute Gasteiger partial charge is 0.276 e. The van der Waals surface area contributed by atoms with E-state index in [9.17, 15) is 24.3 Å². The van der Waals surface area contributed by atoms with Gasteiger partial charge in [0, 0.05) is 50.4 Å². The lowest BCUT2D eigenvalue weighted by atomic mass is 10.1. The average Bonchev–Trinajstić information content (AvgIpc) is 4.06. The van der Waals surface area contributed by atoms with Crippen LogP contribution in [0.25, 0.3) is 22.1 Å². The van der Waals surface area contributed by atoms with Gasteiger partial charge in [-0.3, -0.25) is 44.1 Å². The number of aryl methyl sites for hydroxylation is 4. The first-order chi connectivity index (χ1) is 29.3. The number of carbonyl (C=O) groups excluding carboxylic acids is 4. The van der Waals surface area contributed by atoms with Crippen LogP contribution in [0.2, 0.25) is 0 Å². The van der Waals surface area contributed by atoms with Gasteiger partial charge in [-0.15, -0.1) is 0 Å². The maximum Gasteiger partial charge on any atom is 0.276 e. The van der Waals surface area contributed by atoms with Crippen molar-refractivity contribution in [1.82, 2.24) is 43.6 Å². The highest BCUT2D eigenvalue weighted by Crippen LogP contribution is 2.34. The third-order valence-electron chi connectivity index (χ3n) is 10.8. The van der Waals surface area contributed by atoms with Crippen LogP contribution in [0.15, 0.2) is 48.6 Å². The molecule has 1 atom stereocenters. The zero-order valence-corrected chi connectivity index (χ0v) is 34.2. The molecule has 2 aliphatic heterocycles. The molecule has 2 aromatic carbocycles. The molecule has 4 aromatic heterocycles. The Balaban J connectivity index is 1.27. The van der Waals surface area contributed by atoms with Gasteiger partial charge in [-0.25, -0.2) is 9.97 Å². The zero-order valence-electron chi connectivity index (χ0n) is 34.2. The summed E-state index contributed by atoms with van der Waals surface area (Å²) < 4.78 is 19.9. The Morgan fingerprint density at radius 1 is 0.738 bits per heavy atom. The number of hydrogen-bond donors (Lipinski definition) is 5. The lowest BCUT2D eigenvalue weighted by Crippen LogP contribution is -2.42. The van der Waals surface area contributed by atoms with Crippen LogP contribution in [0.4, 0.5) is 11.9 Å². The van der Waals surface area contributed by atoms with E-state index in [4.69, 9.17) is 30.9 Å². The van der Waals surface area contributed by atoms with Crippen molar-refractivity contribution in [2.45, 2.75) is 72.4 Å². The molecule has 0 saturated carbocycles. The molecule has 4 amide bonds. The van der Waals surface area contributed by atoms with Crippen molar-refractivity contribution < 1.29 is 33.8 Å². The summed E-state index contributed by atoms with van der Waals surface area (Å²) in [6.07, 6.45) is 3.66. The number of nitrogens with two attached hydrogens (primary N) is 2. The lowest BCUT2D eigenvalue weighted by molar-refractivity contribution is 0.0941. The fourth-order valence-electron chi connectivity index (χ4n) is 7.87. The number of imidazole rings is 2. The number of aliphatic hydroxyl groups is 1. The van der Waals surface area contributed by atoms with Gasteiger partial charge in [-0.1, -0.05) is 12.2 Å². The van der Waals surface area contributed by atoms with Crippen LogP contribution in [0.1, 0.15) is 73.3 Å². The molecule has 61 heavy (non-hydrogen) atoms. The van der Waals surface area contributed by atoms with Crippen molar-refractivity contribution in [2.75, 3.05) is 36.9 Å². The summed E-state index contributed by atoms with van der Waals surface area (Å²) in [6.45, 7) is 9.55. The van der Waals surface area contributed by atoms with Gasteiger partial charge in [0.2, 0.25) is 23.7 Å². The number of rotatable bonds is 9. The van der Waals surface area contributed by atoms with Crippen LogP contribution < -0.4 is 31.6 Å². The zero-order chi connectivity index (χ0) is 43.1. The second-order valence-electron chi connectivity index (χ2n) is 15.1. The summed E-state index contributed by atoms with van der Waals surface area (Å²) in [5.74, 6) is -1.37. The first-order valence-electron chi connectivity index (χ1n) is 20.0. The molecule has 318 valence electrons. The fourth-order valence-corrected chi connectivity index (χ4v) is 7.87. The van der Waals surface area contributed by atoms with Crippen molar-refractivity contribution in [3.63, 3.8) is 0 Å². The van der Waals surface area contributed by atoms with Crippen LogP contribution in [0.3, 0.4) is 0 Å². The van der Waals surface area contributed by atoms with E-state index in [1.165, 1.54) is 0 Å². The summed E-state index contributed by atoms with van der Waals surface area (Å²) in [5.41, 5.74) is 15.6. The van der Waals surface area contributed by atoms with Crippen molar-refractivity contribution in [2.24, 2.45) is 11.5 Å². The quantitative estimate of drug-likeness (QED) is 0.132. The number of nitrogens with zero attached hydrogens (tertiary/aromatic N) is 9. The molecular weight excluding hydrogens is 787 g/mol. The Morgan fingerprint density at radius 3 is 1.59 bits per heavy atom. The highest BCUT2D eigenvalue weighted by Gasteiger charge is 2.31. The van der Waals surface area contributed by atoms with Gasteiger partial charge in [0.25, 0.3) is 11.8 Å². The minimum atomic E-state index is -0.700. The number of anilines is 2. The van der Waals surface area contributed by atoms with Crippen LogP contribution in [0, 0.1) is 13.8 Å². The predicted molar refractivity (Wildman–Crippen MR) is 224 cm³/mol. The number of primary amides is 2. The van der Waals surface area contributed by atoms with E-state index in [0.29, 0.717) is 77.4 Å².